The minimum absolute atomic E-state index is 0.0930. The number of rotatable bonds is 3. The van der Waals surface area contributed by atoms with Gasteiger partial charge in [0.15, 0.2) is 5.11 Å². The molecule has 0 aromatic heterocycles. The van der Waals surface area contributed by atoms with Crippen LogP contribution in [-0.2, 0) is 9.53 Å². The van der Waals surface area contributed by atoms with E-state index >= 15 is 0 Å². The fraction of sp³-hybridized carbons (Fsp3) is 0.467. The maximum Gasteiger partial charge on any atom is 0.326 e. The van der Waals surface area contributed by atoms with Gasteiger partial charge in [0.1, 0.15) is 12.1 Å². The zero-order valence-corrected chi connectivity index (χ0v) is 14.6. The highest BCUT2D eigenvalue weighted by Gasteiger charge is 2.18. The second-order valence-corrected chi connectivity index (χ2v) is 6.66. The van der Waals surface area contributed by atoms with E-state index in [1.807, 2.05) is 39.8 Å². The molecule has 0 radical (unpaired) electrons. The summed E-state index contributed by atoms with van der Waals surface area (Å²) in [4.78, 5) is 13.4. The Morgan fingerprint density at radius 2 is 2.05 bits per heavy atom. The molecule has 6 heteroatoms. The zero-order chi connectivity index (χ0) is 16.2. The van der Waals surface area contributed by atoms with Gasteiger partial charge in [-0.3, -0.25) is 4.79 Å². The van der Waals surface area contributed by atoms with Crippen molar-refractivity contribution in [1.82, 2.24) is 4.90 Å². The van der Waals surface area contributed by atoms with Crippen LogP contribution in [0.1, 0.15) is 26.3 Å². The molecule has 0 aliphatic rings. The lowest BCUT2D eigenvalue weighted by molar-refractivity contribution is -0.154. The Hall–Kier alpha value is -1.33. The van der Waals surface area contributed by atoms with Crippen molar-refractivity contribution < 1.29 is 9.53 Å². The third-order valence-corrected chi connectivity index (χ3v) is 3.21. The first-order valence-corrected chi connectivity index (χ1v) is 7.37. The van der Waals surface area contributed by atoms with Gasteiger partial charge in [-0.15, -0.1) is 0 Å². The van der Waals surface area contributed by atoms with E-state index in [4.69, 9.17) is 28.6 Å². The summed E-state index contributed by atoms with van der Waals surface area (Å²) < 4.78 is 5.26. The van der Waals surface area contributed by atoms with Gasteiger partial charge in [-0.2, -0.15) is 0 Å². The van der Waals surface area contributed by atoms with Gasteiger partial charge in [-0.25, -0.2) is 0 Å². The summed E-state index contributed by atoms with van der Waals surface area (Å²) in [5.74, 6) is -0.318. The standard InChI is InChI=1S/C15H21ClN2O2S/c1-10-8-11(16)6-7-12(10)17-14(21)18(5)9-13(19)20-15(2,3)4/h6-8H,9H2,1-5H3,(H,17,21). The number of ether oxygens (including phenoxy) is 1. The molecule has 0 heterocycles. The van der Waals surface area contributed by atoms with Crippen molar-refractivity contribution in [2.75, 3.05) is 18.9 Å². The monoisotopic (exact) mass is 328 g/mol. The fourth-order valence-corrected chi connectivity index (χ4v) is 2.02. The topological polar surface area (TPSA) is 41.6 Å². The van der Waals surface area contributed by atoms with Crippen LogP contribution in [0.4, 0.5) is 5.69 Å². The quantitative estimate of drug-likeness (QED) is 0.678. The fourth-order valence-electron chi connectivity index (χ4n) is 1.62. The molecule has 1 N–H and O–H groups in total. The highest BCUT2D eigenvalue weighted by atomic mass is 35.5. The first-order valence-electron chi connectivity index (χ1n) is 6.58. The van der Waals surface area contributed by atoms with E-state index in [2.05, 4.69) is 5.32 Å². The third kappa shape index (κ3) is 6.31. The Balaban J connectivity index is 2.61. The van der Waals surface area contributed by atoms with Gasteiger partial charge in [-0.05, 0) is 63.7 Å². The lowest BCUT2D eigenvalue weighted by atomic mass is 10.2. The van der Waals surface area contributed by atoms with Gasteiger partial charge in [0.05, 0.1) is 0 Å². The highest BCUT2D eigenvalue weighted by molar-refractivity contribution is 7.80. The van der Waals surface area contributed by atoms with Crippen LogP contribution in [0.15, 0.2) is 18.2 Å². The molecule has 0 fully saturated rings. The SMILES string of the molecule is Cc1cc(Cl)ccc1NC(=S)N(C)CC(=O)OC(C)(C)C. The molecule has 21 heavy (non-hydrogen) atoms. The smallest absolute Gasteiger partial charge is 0.326 e. The van der Waals surface area contributed by atoms with E-state index in [-0.39, 0.29) is 12.5 Å². The van der Waals surface area contributed by atoms with Crippen molar-refractivity contribution in [3.63, 3.8) is 0 Å². The Morgan fingerprint density at radius 1 is 1.43 bits per heavy atom. The number of anilines is 1. The molecule has 0 saturated carbocycles. The zero-order valence-electron chi connectivity index (χ0n) is 13.0. The first kappa shape index (κ1) is 17.7. The second-order valence-electron chi connectivity index (χ2n) is 5.83. The molecule has 4 nitrogen and oxygen atoms in total. The molecule has 0 bridgehead atoms. The minimum Gasteiger partial charge on any atom is -0.459 e. The maximum atomic E-state index is 11.8. The van der Waals surface area contributed by atoms with Crippen molar-refractivity contribution in [2.24, 2.45) is 0 Å². The summed E-state index contributed by atoms with van der Waals surface area (Å²) in [5.41, 5.74) is 1.34. The Kier molecular flexibility index (Phi) is 5.98. The number of benzene rings is 1. The van der Waals surface area contributed by atoms with Gasteiger partial charge in [-0.1, -0.05) is 11.6 Å². The maximum absolute atomic E-state index is 11.8. The summed E-state index contributed by atoms with van der Waals surface area (Å²) in [7, 11) is 1.74. The number of aryl methyl sites for hydroxylation is 1. The van der Waals surface area contributed by atoms with E-state index in [0.29, 0.717) is 10.1 Å². The molecule has 1 aromatic carbocycles. The number of halogens is 1. The average Bonchev–Trinajstić information content (AvgIpc) is 2.29. The van der Waals surface area contributed by atoms with E-state index in [1.54, 1.807) is 18.0 Å². The Morgan fingerprint density at radius 3 is 2.57 bits per heavy atom. The molecular weight excluding hydrogens is 308 g/mol. The summed E-state index contributed by atoms with van der Waals surface area (Å²) in [6, 6.07) is 5.49. The van der Waals surface area contributed by atoms with Gasteiger partial charge in [0, 0.05) is 17.8 Å². The largest absolute Gasteiger partial charge is 0.459 e. The van der Waals surface area contributed by atoms with Crippen molar-refractivity contribution in [3.05, 3.63) is 28.8 Å². The number of esters is 1. The summed E-state index contributed by atoms with van der Waals surface area (Å²) in [5, 5.41) is 4.22. The van der Waals surface area contributed by atoms with E-state index in [0.717, 1.165) is 11.3 Å². The molecule has 0 amide bonds. The van der Waals surface area contributed by atoms with E-state index in [9.17, 15) is 4.79 Å². The number of nitrogens with one attached hydrogen (secondary N) is 1. The van der Waals surface area contributed by atoms with Crippen LogP contribution in [0, 0.1) is 6.92 Å². The predicted octanol–water partition coefficient (Wildman–Crippen LogP) is 3.62. The molecule has 0 spiro atoms. The minimum atomic E-state index is -0.500. The lowest BCUT2D eigenvalue weighted by Gasteiger charge is -2.24. The summed E-state index contributed by atoms with van der Waals surface area (Å²) in [6.45, 7) is 7.52. The number of hydrogen-bond donors (Lipinski definition) is 1. The number of carbonyl (C=O) groups excluding carboxylic acids is 1. The number of likely N-dealkylation sites (N-methyl/N-ethyl adjacent to an activating group) is 1. The van der Waals surface area contributed by atoms with Crippen molar-refractivity contribution in [1.29, 1.82) is 0 Å². The number of carbonyl (C=O) groups is 1. The van der Waals surface area contributed by atoms with Crippen LogP contribution in [-0.4, -0.2) is 35.2 Å². The molecule has 0 atom stereocenters. The van der Waals surface area contributed by atoms with Crippen LogP contribution in [0.3, 0.4) is 0 Å². The molecule has 0 aliphatic heterocycles. The third-order valence-electron chi connectivity index (χ3n) is 2.56. The predicted molar refractivity (Wildman–Crippen MR) is 90.9 cm³/mol. The van der Waals surface area contributed by atoms with Crippen molar-refractivity contribution >= 4 is 40.6 Å². The number of hydrogen-bond acceptors (Lipinski definition) is 3. The molecule has 116 valence electrons. The van der Waals surface area contributed by atoms with Crippen LogP contribution >= 0.6 is 23.8 Å². The normalized spacial score (nSPS) is 11.0. The van der Waals surface area contributed by atoms with E-state index in [1.165, 1.54) is 0 Å². The molecule has 0 unspecified atom stereocenters. The van der Waals surface area contributed by atoms with Crippen LogP contribution in [0.2, 0.25) is 5.02 Å². The highest BCUT2D eigenvalue weighted by Crippen LogP contribution is 2.19. The van der Waals surface area contributed by atoms with Crippen LogP contribution in [0.5, 0.6) is 0 Å². The van der Waals surface area contributed by atoms with Crippen molar-refractivity contribution in [3.8, 4) is 0 Å². The van der Waals surface area contributed by atoms with Gasteiger partial charge in [0.25, 0.3) is 0 Å². The number of nitrogens with zero attached hydrogens (tertiary/aromatic N) is 1. The summed E-state index contributed by atoms with van der Waals surface area (Å²) in [6.07, 6.45) is 0. The van der Waals surface area contributed by atoms with Gasteiger partial charge in [0.2, 0.25) is 0 Å². The van der Waals surface area contributed by atoms with Gasteiger partial charge < -0.3 is 15.0 Å². The second kappa shape index (κ2) is 7.09. The molecule has 0 saturated heterocycles. The Bertz CT molecular complexity index is 541. The molecule has 1 aromatic rings. The molecule has 1 rings (SSSR count). The lowest BCUT2D eigenvalue weighted by Crippen LogP contribution is -2.38. The van der Waals surface area contributed by atoms with Crippen molar-refractivity contribution in [2.45, 2.75) is 33.3 Å². The van der Waals surface area contributed by atoms with E-state index < -0.39 is 5.60 Å². The van der Waals surface area contributed by atoms with Crippen LogP contribution in [0.25, 0.3) is 0 Å². The molecular formula is C15H21ClN2O2S. The Labute approximate surface area is 136 Å². The van der Waals surface area contributed by atoms with Gasteiger partial charge >= 0.3 is 5.97 Å². The van der Waals surface area contributed by atoms with Crippen LogP contribution < -0.4 is 5.32 Å². The molecule has 0 aliphatic carbocycles. The summed E-state index contributed by atoms with van der Waals surface area (Å²) >= 11 is 11.2. The average molecular weight is 329 g/mol. The number of thiocarbonyl (C=S) groups is 1. The first-order chi connectivity index (χ1) is 9.58.